The van der Waals surface area contributed by atoms with Crippen LogP contribution in [0.5, 0.6) is 5.75 Å². The Bertz CT molecular complexity index is 1170. The van der Waals surface area contributed by atoms with Gasteiger partial charge in [0.25, 0.3) is 0 Å². The SMILES string of the molecule is COc1cc(Cn2c(=O)n([C@@H](C)COC(C)=O)c3ccc(C#N)cc32)ccc1Cl. The highest BCUT2D eigenvalue weighted by Gasteiger charge is 2.19. The second kappa shape index (κ2) is 8.41. The summed E-state index contributed by atoms with van der Waals surface area (Å²) in [4.78, 5) is 24.4. The van der Waals surface area contributed by atoms with Crippen LogP contribution in [0.15, 0.2) is 41.2 Å². The first-order chi connectivity index (χ1) is 13.8. The molecule has 0 aliphatic rings. The van der Waals surface area contributed by atoms with Crippen molar-refractivity contribution in [1.29, 1.82) is 5.26 Å². The molecule has 0 N–H and O–H groups in total. The van der Waals surface area contributed by atoms with Crippen LogP contribution in [0.25, 0.3) is 11.0 Å². The van der Waals surface area contributed by atoms with Crippen LogP contribution < -0.4 is 10.4 Å². The summed E-state index contributed by atoms with van der Waals surface area (Å²) in [6, 6.07) is 12.1. The number of rotatable bonds is 6. The van der Waals surface area contributed by atoms with E-state index in [4.69, 9.17) is 21.1 Å². The molecule has 1 atom stereocenters. The van der Waals surface area contributed by atoms with Gasteiger partial charge in [-0.3, -0.25) is 13.9 Å². The summed E-state index contributed by atoms with van der Waals surface area (Å²) in [6.07, 6.45) is 0. The number of esters is 1. The Morgan fingerprint density at radius 2 is 2.00 bits per heavy atom. The molecular weight excluding hydrogens is 394 g/mol. The number of aromatic nitrogens is 2. The lowest BCUT2D eigenvalue weighted by atomic mass is 10.2. The van der Waals surface area contributed by atoms with Gasteiger partial charge in [-0.25, -0.2) is 4.79 Å². The quantitative estimate of drug-likeness (QED) is 0.577. The molecule has 3 rings (SSSR count). The molecule has 0 radical (unpaired) electrons. The highest BCUT2D eigenvalue weighted by atomic mass is 35.5. The van der Waals surface area contributed by atoms with Crippen molar-refractivity contribution in [1.82, 2.24) is 9.13 Å². The summed E-state index contributed by atoms with van der Waals surface area (Å²) < 4.78 is 13.5. The van der Waals surface area contributed by atoms with E-state index < -0.39 is 5.97 Å². The second-order valence-corrected chi connectivity index (χ2v) is 7.08. The lowest BCUT2D eigenvalue weighted by molar-refractivity contribution is -0.141. The molecule has 8 heteroatoms. The number of nitrogens with zero attached hydrogens (tertiary/aromatic N) is 3. The van der Waals surface area contributed by atoms with Crippen LogP contribution in [0.1, 0.15) is 31.0 Å². The lowest BCUT2D eigenvalue weighted by Gasteiger charge is -2.13. The van der Waals surface area contributed by atoms with Gasteiger partial charge < -0.3 is 9.47 Å². The number of nitriles is 1. The van der Waals surface area contributed by atoms with E-state index in [0.29, 0.717) is 27.4 Å². The first-order valence-electron chi connectivity index (χ1n) is 8.96. The van der Waals surface area contributed by atoms with Gasteiger partial charge in [0, 0.05) is 6.92 Å². The third-order valence-electron chi connectivity index (χ3n) is 4.62. The van der Waals surface area contributed by atoms with E-state index >= 15 is 0 Å². The number of benzene rings is 2. The van der Waals surface area contributed by atoms with Gasteiger partial charge in [-0.2, -0.15) is 5.26 Å². The van der Waals surface area contributed by atoms with E-state index in [0.717, 1.165) is 5.56 Å². The lowest BCUT2D eigenvalue weighted by Crippen LogP contribution is -2.29. The highest BCUT2D eigenvalue weighted by Crippen LogP contribution is 2.26. The van der Waals surface area contributed by atoms with E-state index in [2.05, 4.69) is 6.07 Å². The molecule has 1 heterocycles. The molecule has 29 heavy (non-hydrogen) atoms. The first kappa shape index (κ1) is 20.5. The molecule has 1 aromatic heterocycles. The molecule has 150 valence electrons. The van der Waals surface area contributed by atoms with Crippen LogP contribution in [0.2, 0.25) is 5.02 Å². The highest BCUT2D eigenvalue weighted by molar-refractivity contribution is 6.32. The van der Waals surface area contributed by atoms with Gasteiger partial charge in [0.05, 0.1) is 47.4 Å². The topological polar surface area (TPSA) is 86.2 Å². The summed E-state index contributed by atoms with van der Waals surface area (Å²) in [7, 11) is 1.53. The number of carbonyl (C=O) groups is 1. The third-order valence-corrected chi connectivity index (χ3v) is 4.93. The fourth-order valence-electron chi connectivity index (χ4n) is 3.23. The Morgan fingerprint density at radius 3 is 2.66 bits per heavy atom. The molecular formula is C21H20ClN3O4. The predicted octanol–water partition coefficient (Wildman–Crippen LogP) is 3.51. The maximum absolute atomic E-state index is 13.2. The van der Waals surface area contributed by atoms with Crippen molar-refractivity contribution in [2.75, 3.05) is 13.7 Å². The summed E-state index contributed by atoms with van der Waals surface area (Å²) in [5, 5.41) is 9.75. The predicted molar refractivity (Wildman–Crippen MR) is 109 cm³/mol. The van der Waals surface area contributed by atoms with E-state index in [1.54, 1.807) is 46.4 Å². The minimum Gasteiger partial charge on any atom is -0.495 e. The number of methoxy groups -OCH3 is 1. The van der Waals surface area contributed by atoms with Crippen LogP contribution in [0, 0.1) is 11.3 Å². The Hall–Kier alpha value is -3.24. The average molecular weight is 414 g/mol. The Labute approximate surface area is 172 Å². The Kier molecular flexibility index (Phi) is 5.95. The molecule has 0 spiro atoms. The van der Waals surface area contributed by atoms with Crippen molar-refractivity contribution >= 4 is 28.6 Å². The number of fused-ring (bicyclic) bond motifs is 1. The molecule has 0 bridgehead atoms. The van der Waals surface area contributed by atoms with Crippen molar-refractivity contribution in [2.24, 2.45) is 0 Å². The van der Waals surface area contributed by atoms with E-state index in [9.17, 15) is 14.9 Å². The molecule has 0 amide bonds. The number of ether oxygens (including phenoxy) is 2. The molecule has 7 nitrogen and oxygen atoms in total. The van der Waals surface area contributed by atoms with Gasteiger partial charge in [-0.05, 0) is 42.8 Å². The van der Waals surface area contributed by atoms with Gasteiger partial charge in [-0.15, -0.1) is 0 Å². The van der Waals surface area contributed by atoms with E-state index in [-0.39, 0.29) is 24.9 Å². The van der Waals surface area contributed by atoms with Gasteiger partial charge >= 0.3 is 11.7 Å². The molecule has 0 aliphatic heterocycles. The molecule has 0 aliphatic carbocycles. The van der Waals surface area contributed by atoms with Crippen LogP contribution in [-0.2, 0) is 16.1 Å². The second-order valence-electron chi connectivity index (χ2n) is 6.67. The van der Waals surface area contributed by atoms with Crippen LogP contribution in [-0.4, -0.2) is 28.8 Å². The van der Waals surface area contributed by atoms with Crippen molar-refractivity contribution < 1.29 is 14.3 Å². The van der Waals surface area contributed by atoms with Gasteiger partial charge in [0.15, 0.2) is 0 Å². The van der Waals surface area contributed by atoms with Gasteiger partial charge in [0.2, 0.25) is 0 Å². The Balaban J connectivity index is 2.13. The first-order valence-corrected chi connectivity index (χ1v) is 9.34. The number of halogens is 1. The summed E-state index contributed by atoms with van der Waals surface area (Å²) in [5.41, 5.74) is 2.29. The Morgan fingerprint density at radius 1 is 1.24 bits per heavy atom. The number of hydrogen-bond donors (Lipinski definition) is 0. The zero-order chi connectivity index (χ0) is 21.1. The summed E-state index contributed by atoms with van der Waals surface area (Å²) in [6.45, 7) is 3.47. The van der Waals surface area contributed by atoms with Gasteiger partial charge in [0.1, 0.15) is 12.4 Å². The minimum atomic E-state index is -0.409. The van der Waals surface area contributed by atoms with E-state index in [1.807, 2.05) is 6.07 Å². The maximum Gasteiger partial charge on any atom is 0.329 e. The largest absolute Gasteiger partial charge is 0.495 e. The summed E-state index contributed by atoms with van der Waals surface area (Å²) >= 11 is 6.10. The normalized spacial score (nSPS) is 11.8. The number of hydrogen-bond acceptors (Lipinski definition) is 5. The summed E-state index contributed by atoms with van der Waals surface area (Å²) in [5.74, 6) is 0.107. The van der Waals surface area contributed by atoms with E-state index in [1.165, 1.54) is 14.0 Å². The maximum atomic E-state index is 13.2. The number of carbonyl (C=O) groups excluding carboxylic acids is 1. The van der Waals surface area contributed by atoms with Crippen molar-refractivity contribution in [3.05, 3.63) is 63.0 Å². The standard InChI is InChI=1S/C21H20ClN3O4/c1-13(12-29-14(2)26)25-18-7-5-15(10-23)8-19(18)24(21(25)27)11-16-4-6-17(22)20(9-16)28-3/h4-9,13H,11-12H2,1-3H3/t13-/m0/s1. The number of imidazole rings is 1. The smallest absolute Gasteiger partial charge is 0.329 e. The third kappa shape index (κ3) is 4.13. The monoisotopic (exact) mass is 413 g/mol. The molecule has 0 saturated heterocycles. The minimum absolute atomic E-state index is 0.0725. The van der Waals surface area contributed by atoms with Crippen LogP contribution in [0.4, 0.5) is 0 Å². The molecule has 0 unspecified atom stereocenters. The molecule has 3 aromatic rings. The molecule has 0 fully saturated rings. The fourth-order valence-corrected chi connectivity index (χ4v) is 3.42. The average Bonchev–Trinajstić information content (AvgIpc) is 2.98. The van der Waals surface area contributed by atoms with Crippen molar-refractivity contribution in [2.45, 2.75) is 26.4 Å². The van der Waals surface area contributed by atoms with Crippen LogP contribution >= 0.6 is 11.6 Å². The van der Waals surface area contributed by atoms with Crippen LogP contribution in [0.3, 0.4) is 0 Å². The zero-order valence-electron chi connectivity index (χ0n) is 16.3. The molecule has 0 saturated carbocycles. The van der Waals surface area contributed by atoms with Gasteiger partial charge in [-0.1, -0.05) is 17.7 Å². The zero-order valence-corrected chi connectivity index (χ0v) is 17.1. The molecule has 2 aromatic carbocycles. The fraction of sp³-hybridized carbons (Fsp3) is 0.286. The van der Waals surface area contributed by atoms with Crippen molar-refractivity contribution in [3.8, 4) is 11.8 Å². The van der Waals surface area contributed by atoms with Crippen molar-refractivity contribution in [3.63, 3.8) is 0 Å².